The Morgan fingerprint density at radius 2 is 2.20 bits per heavy atom. The molecule has 2 N–H and O–H groups in total. The van der Waals surface area contributed by atoms with Gasteiger partial charge in [0.05, 0.1) is 0 Å². The van der Waals surface area contributed by atoms with E-state index in [-0.39, 0.29) is 0 Å². The molecule has 0 aliphatic rings. The van der Waals surface area contributed by atoms with Gasteiger partial charge in [-0.05, 0) is 5.82 Å². The minimum Gasteiger partial charge on any atom is -0.306 e. The van der Waals surface area contributed by atoms with Crippen LogP contribution in [0.15, 0.2) is 12.4 Å². The molecule has 0 amide bonds. The lowest BCUT2D eigenvalue weighted by Gasteiger charge is -1.67. The van der Waals surface area contributed by atoms with Crippen LogP contribution in [0, 0.1) is 0 Å². The zero-order valence-electron chi connectivity index (χ0n) is 2.77. The smallest absolute Gasteiger partial charge is 0.154 e. The molecule has 0 aromatic rings. The van der Waals surface area contributed by atoms with Gasteiger partial charge >= 0.3 is 0 Å². The lowest BCUT2D eigenvalue weighted by molar-refractivity contribution is 0.594. The molecule has 3 heteroatoms. The van der Waals surface area contributed by atoms with Gasteiger partial charge in [-0.25, -0.2) is 0 Å². The molecule has 0 spiro atoms. The molecule has 0 bridgehead atoms. The van der Waals surface area contributed by atoms with Crippen LogP contribution < -0.4 is 5.50 Å². The van der Waals surface area contributed by atoms with Crippen LogP contribution in [0.3, 0.4) is 0 Å². The van der Waals surface area contributed by atoms with Crippen molar-refractivity contribution < 1.29 is 4.57 Å². The summed E-state index contributed by atoms with van der Waals surface area (Å²) in [6.07, 6.45) is 0. The highest BCUT2D eigenvalue weighted by Gasteiger charge is 1.65. The highest BCUT2D eigenvalue weighted by Crippen LogP contribution is 2.04. The van der Waals surface area contributed by atoms with Gasteiger partial charge in [0.15, 0.2) is 7.95 Å². The Labute approximate surface area is 31.5 Å². The number of hydrogen-bond donors (Lipinski definition) is 1. The summed E-state index contributed by atoms with van der Waals surface area (Å²) in [4.78, 5) is 0. The molecule has 30 valence electrons. The standard InChI is InChI=1S/C2H6NOP/c1-2-5(3)4/h2,5H,1H2,(H2,3,4). The molecular formula is C2H6NOP. The summed E-state index contributed by atoms with van der Waals surface area (Å²) in [6, 6.07) is 0. The summed E-state index contributed by atoms with van der Waals surface area (Å²) < 4.78 is 9.66. The molecule has 1 unspecified atom stereocenters. The molecular weight excluding hydrogens is 85.0 g/mol. The number of nitrogens with two attached hydrogens (primary N) is 1. The van der Waals surface area contributed by atoms with E-state index in [1.54, 1.807) is 0 Å². The van der Waals surface area contributed by atoms with Crippen LogP contribution in [0.5, 0.6) is 0 Å². The van der Waals surface area contributed by atoms with E-state index in [1.165, 1.54) is 5.82 Å². The third kappa shape index (κ3) is 3.93. The third-order valence-corrected chi connectivity index (χ3v) is 0.604. The zero-order chi connectivity index (χ0) is 4.28. The summed E-state index contributed by atoms with van der Waals surface area (Å²) in [5, 5.41) is 0. The van der Waals surface area contributed by atoms with Crippen LogP contribution in [0.1, 0.15) is 0 Å². The van der Waals surface area contributed by atoms with Crippen LogP contribution in [0.25, 0.3) is 0 Å². The van der Waals surface area contributed by atoms with E-state index in [4.69, 9.17) is 5.50 Å². The molecule has 0 aliphatic carbocycles. The third-order valence-electron chi connectivity index (χ3n) is 0.201. The van der Waals surface area contributed by atoms with Gasteiger partial charge in [-0.15, -0.1) is 0 Å². The predicted octanol–water partition coefficient (Wildman–Crippen LogP) is 0.563. The van der Waals surface area contributed by atoms with Crippen molar-refractivity contribution in [3.05, 3.63) is 12.4 Å². The van der Waals surface area contributed by atoms with Crippen LogP contribution in [-0.2, 0) is 4.57 Å². The van der Waals surface area contributed by atoms with Crippen molar-refractivity contribution in [1.82, 2.24) is 0 Å². The summed E-state index contributed by atoms with van der Waals surface area (Å²) in [7, 11) is -1.86. The first-order valence-electron chi connectivity index (χ1n) is 1.19. The highest BCUT2D eigenvalue weighted by atomic mass is 31.1. The zero-order valence-corrected chi connectivity index (χ0v) is 3.77. The van der Waals surface area contributed by atoms with Crippen LogP contribution in [-0.4, -0.2) is 0 Å². The fourth-order valence-corrected chi connectivity index (χ4v) is 0. The lowest BCUT2D eigenvalue weighted by atomic mass is 11.3. The molecule has 1 atom stereocenters. The average Bonchev–Trinajstić information content (AvgIpc) is 1.38. The quantitative estimate of drug-likeness (QED) is 0.479. The summed E-state index contributed by atoms with van der Waals surface area (Å²) in [6.45, 7) is 3.17. The summed E-state index contributed by atoms with van der Waals surface area (Å²) >= 11 is 0. The largest absolute Gasteiger partial charge is 0.306 e. The van der Waals surface area contributed by atoms with E-state index in [2.05, 4.69) is 6.58 Å². The second kappa shape index (κ2) is 2.18. The topological polar surface area (TPSA) is 43.1 Å². The van der Waals surface area contributed by atoms with E-state index in [9.17, 15) is 4.57 Å². The SMILES string of the molecule is C=C[PH](N)=O. The van der Waals surface area contributed by atoms with E-state index >= 15 is 0 Å². The predicted molar refractivity (Wildman–Crippen MR) is 23.4 cm³/mol. The number of hydrogen-bond acceptors (Lipinski definition) is 1. The maximum absolute atomic E-state index is 9.66. The Morgan fingerprint density at radius 1 is 2.00 bits per heavy atom. The molecule has 0 aromatic heterocycles. The Morgan fingerprint density at radius 3 is 2.20 bits per heavy atom. The minimum atomic E-state index is -1.86. The van der Waals surface area contributed by atoms with E-state index in [0.29, 0.717) is 0 Å². The van der Waals surface area contributed by atoms with Gasteiger partial charge < -0.3 is 4.57 Å². The molecule has 0 saturated carbocycles. The summed E-state index contributed by atoms with van der Waals surface area (Å²) in [5.41, 5.74) is 4.72. The van der Waals surface area contributed by atoms with Gasteiger partial charge in [-0.2, -0.15) is 0 Å². The average molecular weight is 91.0 g/mol. The minimum absolute atomic E-state index is 1.24. The molecule has 0 fully saturated rings. The molecule has 2 nitrogen and oxygen atoms in total. The van der Waals surface area contributed by atoms with Crippen molar-refractivity contribution in [2.45, 2.75) is 0 Å². The number of rotatable bonds is 1. The van der Waals surface area contributed by atoms with Gasteiger partial charge in [0.1, 0.15) is 0 Å². The molecule has 0 radical (unpaired) electrons. The highest BCUT2D eigenvalue weighted by molar-refractivity contribution is 7.45. The Balaban J connectivity index is 3.20. The van der Waals surface area contributed by atoms with Crippen molar-refractivity contribution >= 4 is 7.95 Å². The van der Waals surface area contributed by atoms with Gasteiger partial charge in [-0.1, -0.05) is 6.58 Å². The summed E-state index contributed by atoms with van der Waals surface area (Å²) in [5.74, 6) is 1.24. The molecule has 0 saturated heterocycles. The Hall–Kier alpha value is -0.0700. The fraction of sp³-hybridized carbons (Fsp3) is 0. The first-order valence-corrected chi connectivity index (χ1v) is 2.75. The Kier molecular flexibility index (Phi) is 2.15. The van der Waals surface area contributed by atoms with E-state index < -0.39 is 7.95 Å². The maximum atomic E-state index is 9.66. The van der Waals surface area contributed by atoms with Gasteiger partial charge in [0, 0.05) is 0 Å². The van der Waals surface area contributed by atoms with Gasteiger partial charge in [0.25, 0.3) is 0 Å². The monoisotopic (exact) mass is 91.0 g/mol. The molecule has 0 aliphatic heterocycles. The molecule has 0 heterocycles. The lowest BCUT2D eigenvalue weighted by Crippen LogP contribution is -1.66. The first-order chi connectivity index (χ1) is 2.27. The van der Waals surface area contributed by atoms with Gasteiger partial charge in [-0.3, -0.25) is 5.50 Å². The van der Waals surface area contributed by atoms with Crippen molar-refractivity contribution in [1.29, 1.82) is 0 Å². The second-order valence-corrected chi connectivity index (χ2v) is 1.82. The fourth-order valence-electron chi connectivity index (χ4n) is 0. The molecule has 0 rings (SSSR count). The van der Waals surface area contributed by atoms with E-state index in [0.717, 1.165) is 0 Å². The van der Waals surface area contributed by atoms with Crippen molar-refractivity contribution in [3.8, 4) is 0 Å². The van der Waals surface area contributed by atoms with E-state index in [1.807, 2.05) is 0 Å². The van der Waals surface area contributed by atoms with Crippen LogP contribution in [0.2, 0.25) is 0 Å². The van der Waals surface area contributed by atoms with Crippen LogP contribution in [0.4, 0.5) is 0 Å². The molecule has 5 heavy (non-hydrogen) atoms. The second-order valence-electron chi connectivity index (χ2n) is 0.606. The Bertz CT molecular complexity index is 60.7. The normalized spacial score (nSPS) is 13.8. The van der Waals surface area contributed by atoms with Crippen LogP contribution >= 0.6 is 7.95 Å². The molecule has 0 aromatic carbocycles. The van der Waals surface area contributed by atoms with Crippen molar-refractivity contribution in [2.24, 2.45) is 5.50 Å². The van der Waals surface area contributed by atoms with Crippen molar-refractivity contribution in [2.75, 3.05) is 0 Å². The van der Waals surface area contributed by atoms with Crippen molar-refractivity contribution in [3.63, 3.8) is 0 Å². The first kappa shape index (κ1) is 4.93. The van der Waals surface area contributed by atoms with Gasteiger partial charge in [0.2, 0.25) is 0 Å². The maximum Gasteiger partial charge on any atom is 0.154 e.